The van der Waals surface area contributed by atoms with Gasteiger partial charge in [-0.1, -0.05) is 23.7 Å². The molecule has 3 rings (SSSR count). The van der Waals surface area contributed by atoms with Gasteiger partial charge in [0.2, 0.25) is 0 Å². The van der Waals surface area contributed by atoms with Crippen LogP contribution in [0.15, 0.2) is 36.7 Å². The molecular formula is C17H17ClN4O. The zero-order chi connectivity index (χ0) is 16.1. The summed E-state index contributed by atoms with van der Waals surface area (Å²) in [6, 6.07) is 9.60. The van der Waals surface area contributed by atoms with Crippen LogP contribution in [-0.2, 0) is 0 Å². The van der Waals surface area contributed by atoms with Gasteiger partial charge in [0.1, 0.15) is 11.8 Å². The molecule has 0 N–H and O–H groups in total. The standard InChI is InChI=1S/C17H17ClN4O/c18-14-5-1-2-6-16(14)23-12-13-4-3-9-22(11-13)17-15(10-19)20-7-8-21-17/h1-2,5-8,13H,3-4,9,11-12H2/t13-/m1/s1. The quantitative estimate of drug-likeness (QED) is 0.861. The fourth-order valence-electron chi connectivity index (χ4n) is 2.80. The third kappa shape index (κ3) is 3.72. The average Bonchev–Trinajstić information content (AvgIpc) is 2.61. The molecule has 1 saturated heterocycles. The van der Waals surface area contributed by atoms with E-state index in [0.29, 0.717) is 34.8 Å². The van der Waals surface area contributed by atoms with Gasteiger partial charge in [0, 0.05) is 31.4 Å². The summed E-state index contributed by atoms with van der Waals surface area (Å²) < 4.78 is 5.86. The van der Waals surface area contributed by atoms with Gasteiger partial charge in [0.05, 0.1) is 11.6 Å². The Balaban J connectivity index is 1.65. The first kappa shape index (κ1) is 15.6. The fraction of sp³-hybridized carbons (Fsp3) is 0.353. The van der Waals surface area contributed by atoms with Gasteiger partial charge in [-0.15, -0.1) is 0 Å². The molecule has 0 bridgehead atoms. The van der Waals surface area contributed by atoms with Crippen molar-refractivity contribution in [3.63, 3.8) is 0 Å². The molecule has 6 heteroatoms. The lowest BCUT2D eigenvalue weighted by Gasteiger charge is -2.33. The molecule has 5 nitrogen and oxygen atoms in total. The minimum absolute atomic E-state index is 0.369. The number of halogens is 1. The highest BCUT2D eigenvalue weighted by molar-refractivity contribution is 6.32. The number of hydrogen-bond donors (Lipinski definition) is 0. The second-order valence-corrected chi connectivity index (χ2v) is 5.94. The number of hydrogen-bond acceptors (Lipinski definition) is 5. The number of nitriles is 1. The molecule has 23 heavy (non-hydrogen) atoms. The molecule has 1 aromatic carbocycles. The third-order valence-corrected chi connectivity index (χ3v) is 4.23. The predicted octanol–water partition coefficient (Wildman–Crippen LogP) is 3.30. The second kappa shape index (κ2) is 7.30. The summed E-state index contributed by atoms with van der Waals surface area (Å²) in [6.45, 7) is 2.29. The van der Waals surface area contributed by atoms with Crippen molar-refractivity contribution in [2.75, 3.05) is 24.6 Å². The third-order valence-electron chi connectivity index (χ3n) is 3.91. The summed E-state index contributed by atoms with van der Waals surface area (Å²) in [5.41, 5.74) is 0.375. The summed E-state index contributed by atoms with van der Waals surface area (Å²) in [6.07, 6.45) is 5.30. The molecule has 1 aliphatic heterocycles. The first-order valence-corrected chi connectivity index (χ1v) is 7.99. The van der Waals surface area contributed by atoms with Gasteiger partial charge in [-0.2, -0.15) is 5.26 Å². The normalized spacial score (nSPS) is 17.6. The van der Waals surface area contributed by atoms with Crippen LogP contribution in [0.1, 0.15) is 18.5 Å². The van der Waals surface area contributed by atoms with E-state index in [0.717, 1.165) is 25.9 Å². The molecule has 118 valence electrons. The van der Waals surface area contributed by atoms with E-state index in [-0.39, 0.29) is 0 Å². The van der Waals surface area contributed by atoms with Crippen LogP contribution in [0.5, 0.6) is 5.75 Å². The van der Waals surface area contributed by atoms with E-state index in [2.05, 4.69) is 20.9 Å². The lowest BCUT2D eigenvalue weighted by Crippen LogP contribution is -2.38. The maximum absolute atomic E-state index is 9.18. The van der Waals surface area contributed by atoms with E-state index in [1.54, 1.807) is 12.4 Å². The number of piperidine rings is 1. The highest BCUT2D eigenvalue weighted by Gasteiger charge is 2.23. The summed E-state index contributed by atoms with van der Waals surface area (Å²) in [5.74, 6) is 1.74. The van der Waals surface area contributed by atoms with E-state index in [1.165, 1.54) is 0 Å². The van der Waals surface area contributed by atoms with Crippen molar-refractivity contribution in [3.8, 4) is 11.8 Å². The Labute approximate surface area is 140 Å². The van der Waals surface area contributed by atoms with Gasteiger partial charge >= 0.3 is 0 Å². The first-order valence-electron chi connectivity index (χ1n) is 7.61. The molecule has 0 radical (unpaired) electrons. The van der Waals surface area contributed by atoms with Crippen LogP contribution in [-0.4, -0.2) is 29.7 Å². The zero-order valence-electron chi connectivity index (χ0n) is 12.7. The lowest BCUT2D eigenvalue weighted by molar-refractivity contribution is 0.228. The van der Waals surface area contributed by atoms with Gasteiger partial charge in [-0.05, 0) is 25.0 Å². The molecule has 0 saturated carbocycles. The molecule has 1 aliphatic rings. The van der Waals surface area contributed by atoms with Crippen LogP contribution < -0.4 is 9.64 Å². The van der Waals surface area contributed by atoms with Crippen LogP contribution in [0.2, 0.25) is 5.02 Å². The van der Waals surface area contributed by atoms with Gasteiger partial charge in [0.15, 0.2) is 11.5 Å². The fourth-order valence-corrected chi connectivity index (χ4v) is 2.99. The van der Waals surface area contributed by atoms with E-state index in [9.17, 15) is 5.26 Å². The van der Waals surface area contributed by atoms with Gasteiger partial charge in [-0.25, -0.2) is 9.97 Å². The highest BCUT2D eigenvalue weighted by Crippen LogP contribution is 2.27. The van der Waals surface area contributed by atoms with Crippen LogP contribution in [0.4, 0.5) is 5.82 Å². The summed E-state index contributed by atoms with van der Waals surface area (Å²) in [4.78, 5) is 10.5. The molecule has 1 aromatic heterocycles. The minimum atomic E-state index is 0.369. The Morgan fingerprint density at radius 2 is 2.13 bits per heavy atom. The van der Waals surface area contributed by atoms with Gasteiger partial charge in [-0.3, -0.25) is 0 Å². The largest absolute Gasteiger partial charge is 0.492 e. The molecule has 1 atom stereocenters. The van der Waals surface area contributed by atoms with Crippen molar-refractivity contribution >= 4 is 17.4 Å². The number of nitrogens with zero attached hydrogens (tertiary/aromatic N) is 4. The Morgan fingerprint density at radius 3 is 2.96 bits per heavy atom. The van der Waals surface area contributed by atoms with Crippen LogP contribution in [0.3, 0.4) is 0 Å². The topological polar surface area (TPSA) is 62.0 Å². The van der Waals surface area contributed by atoms with Crippen LogP contribution in [0, 0.1) is 17.2 Å². The molecule has 2 heterocycles. The second-order valence-electron chi connectivity index (χ2n) is 5.54. The summed E-state index contributed by atoms with van der Waals surface area (Å²) in [7, 11) is 0. The molecular weight excluding hydrogens is 312 g/mol. The SMILES string of the molecule is N#Cc1nccnc1N1CCC[C@@H](COc2ccccc2Cl)C1. The maximum Gasteiger partial charge on any atom is 0.183 e. The van der Waals surface area contributed by atoms with Crippen molar-refractivity contribution in [2.45, 2.75) is 12.8 Å². The van der Waals surface area contributed by atoms with Crippen molar-refractivity contribution < 1.29 is 4.74 Å². The monoisotopic (exact) mass is 328 g/mol. The van der Waals surface area contributed by atoms with Gasteiger partial charge < -0.3 is 9.64 Å². The Morgan fingerprint density at radius 1 is 1.30 bits per heavy atom. The Bertz CT molecular complexity index is 716. The molecule has 0 amide bonds. The smallest absolute Gasteiger partial charge is 0.183 e. The minimum Gasteiger partial charge on any atom is -0.492 e. The average molecular weight is 329 g/mol. The van der Waals surface area contributed by atoms with E-state index in [1.807, 2.05) is 24.3 Å². The molecule has 0 unspecified atom stereocenters. The number of anilines is 1. The van der Waals surface area contributed by atoms with Crippen LogP contribution >= 0.6 is 11.6 Å². The summed E-state index contributed by atoms with van der Waals surface area (Å²) in [5, 5.41) is 9.80. The first-order chi connectivity index (χ1) is 11.3. The number of para-hydroxylation sites is 1. The maximum atomic E-state index is 9.18. The lowest BCUT2D eigenvalue weighted by atomic mass is 9.99. The Kier molecular flexibility index (Phi) is 4.94. The molecule has 0 spiro atoms. The van der Waals surface area contributed by atoms with E-state index in [4.69, 9.17) is 16.3 Å². The van der Waals surface area contributed by atoms with Gasteiger partial charge in [0.25, 0.3) is 0 Å². The van der Waals surface area contributed by atoms with Crippen molar-refractivity contribution in [1.29, 1.82) is 5.26 Å². The number of ether oxygens (including phenoxy) is 1. The van der Waals surface area contributed by atoms with Crippen molar-refractivity contribution in [3.05, 3.63) is 47.4 Å². The Hall–Kier alpha value is -2.32. The zero-order valence-corrected chi connectivity index (χ0v) is 13.4. The molecule has 1 fully saturated rings. The van der Waals surface area contributed by atoms with E-state index >= 15 is 0 Å². The predicted molar refractivity (Wildman–Crippen MR) is 88.6 cm³/mol. The number of rotatable bonds is 4. The number of benzene rings is 1. The van der Waals surface area contributed by atoms with E-state index < -0.39 is 0 Å². The van der Waals surface area contributed by atoms with Crippen molar-refractivity contribution in [2.24, 2.45) is 5.92 Å². The van der Waals surface area contributed by atoms with Crippen molar-refractivity contribution in [1.82, 2.24) is 9.97 Å². The molecule has 2 aromatic rings. The number of aromatic nitrogens is 2. The van der Waals surface area contributed by atoms with Crippen LogP contribution in [0.25, 0.3) is 0 Å². The molecule has 0 aliphatic carbocycles. The highest BCUT2D eigenvalue weighted by atomic mass is 35.5. The summed E-state index contributed by atoms with van der Waals surface area (Å²) >= 11 is 6.12.